The number of aromatic nitrogens is 1. The standard InChI is InChI=1S/C21H16Cl2FNO3/c1-2-18(26)20(23)16-5-3-4-6-19(16)27-14-7-9-15(10-8-14)28-21-17(24)11-13(22)12-25-21/h3-12,20H,2H2,1H3/t20-/m0/s1. The molecule has 0 radical (unpaired) electrons. The van der Waals surface area contributed by atoms with Gasteiger partial charge in [0.1, 0.15) is 22.6 Å². The molecule has 7 heteroatoms. The second-order valence-electron chi connectivity index (χ2n) is 5.84. The van der Waals surface area contributed by atoms with E-state index in [2.05, 4.69) is 4.98 Å². The zero-order chi connectivity index (χ0) is 20.1. The van der Waals surface area contributed by atoms with E-state index in [1.54, 1.807) is 55.5 Å². The topological polar surface area (TPSA) is 48.4 Å². The predicted molar refractivity (Wildman–Crippen MR) is 106 cm³/mol. The zero-order valence-corrected chi connectivity index (χ0v) is 16.4. The van der Waals surface area contributed by atoms with Crippen LogP contribution in [-0.2, 0) is 4.79 Å². The van der Waals surface area contributed by atoms with Crippen LogP contribution >= 0.6 is 23.2 Å². The molecule has 0 amide bonds. The molecule has 1 atom stereocenters. The molecule has 0 saturated carbocycles. The average Bonchev–Trinajstić information content (AvgIpc) is 2.70. The second-order valence-corrected chi connectivity index (χ2v) is 6.71. The molecule has 0 bridgehead atoms. The lowest BCUT2D eigenvalue weighted by atomic mass is 10.1. The summed E-state index contributed by atoms with van der Waals surface area (Å²) in [6.07, 6.45) is 1.64. The summed E-state index contributed by atoms with van der Waals surface area (Å²) in [6, 6.07) is 14.8. The van der Waals surface area contributed by atoms with Crippen LogP contribution in [0.1, 0.15) is 24.3 Å². The van der Waals surface area contributed by atoms with Gasteiger partial charge in [0.15, 0.2) is 11.6 Å². The summed E-state index contributed by atoms with van der Waals surface area (Å²) in [7, 11) is 0. The van der Waals surface area contributed by atoms with Gasteiger partial charge in [-0.2, -0.15) is 0 Å². The molecule has 1 aromatic heterocycles. The van der Waals surface area contributed by atoms with Crippen molar-refractivity contribution in [3.8, 4) is 23.1 Å². The number of ether oxygens (including phenoxy) is 2. The Morgan fingerprint density at radius 3 is 2.39 bits per heavy atom. The highest BCUT2D eigenvalue weighted by Crippen LogP contribution is 2.34. The number of halogens is 3. The van der Waals surface area contributed by atoms with Crippen LogP contribution in [0.5, 0.6) is 23.1 Å². The van der Waals surface area contributed by atoms with Gasteiger partial charge in [-0.15, -0.1) is 11.6 Å². The lowest BCUT2D eigenvalue weighted by molar-refractivity contribution is -0.118. The molecule has 3 aromatic rings. The zero-order valence-electron chi connectivity index (χ0n) is 14.9. The van der Waals surface area contributed by atoms with E-state index in [9.17, 15) is 9.18 Å². The number of rotatable bonds is 7. The van der Waals surface area contributed by atoms with Crippen LogP contribution in [0, 0.1) is 5.82 Å². The van der Waals surface area contributed by atoms with Crippen molar-refractivity contribution in [2.24, 2.45) is 0 Å². The van der Waals surface area contributed by atoms with Crippen molar-refractivity contribution in [1.82, 2.24) is 4.98 Å². The minimum Gasteiger partial charge on any atom is -0.457 e. The van der Waals surface area contributed by atoms with E-state index in [4.69, 9.17) is 32.7 Å². The summed E-state index contributed by atoms with van der Waals surface area (Å²) in [4.78, 5) is 15.7. The Hall–Kier alpha value is -2.63. The largest absolute Gasteiger partial charge is 0.457 e. The number of carbonyl (C=O) groups is 1. The molecular formula is C21H16Cl2FNO3. The number of nitrogens with zero attached hydrogens (tertiary/aromatic N) is 1. The Labute approximate surface area is 171 Å². The van der Waals surface area contributed by atoms with E-state index in [1.165, 1.54) is 6.20 Å². The third-order valence-corrected chi connectivity index (χ3v) is 4.55. The van der Waals surface area contributed by atoms with Gasteiger partial charge in [0, 0.05) is 18.2 Å². The van der Waals surface area contributed by atoms with Crippen molar-refractivity contribution in [2.45, 2.75) is 18.7 Å². The molecule has 0 N–H and O–H groups in total. The highest BCUT2D eigenvalue weighted by Gasteiger charge is 2.20. The van der Waals surface area contributed by atoms with Crippen LogP contribution in [-0.4, -0.2) is 10.8 Å². The number of carbonyl (C=O) groups excluding carboxylic acids is 1. The van der Waals surface area contributed by atoms with Crippen LogP contribution in [0.4, 0.5) is 4.39 Å². The first-order valence-electron chi connectivity index (χ1n) is 8.50. The molecule has 144 valence electrons. The summed E-state index contributed by atoms with van der Waals surface area (Å²) in [5, 5.41) is -0.589. The first-order valence-corrected chi connectivity index (χ1v) is 9.32. The summed E-state index contributed by atoms with van der Waals surface area (Å²) >= 11 is 11.9. The Morgan fingerprint density at radius 2 is 1.75 bits per heavy atom. The van der Waals surface area contributed by atoms with Crippen molar-refractivity contribution in [2.75, 3.05) is 0 Å². The number of hydrogen-bond donors (Lipinski definition) is 0. The number of alkyl halides is 1. The quantitative estimate of drug-likeness (QED) is 0.398. The first-order chi connectivity index (χ1) is 13.5. The monoisotopic (exact) mass is 419 g/mol. The molecule has 1 heterocycles. The van der Waals surface area contributed by atoms with Gasteiger partial charge in [0.2, 0.25) is 0 Å². The molecule has 3 rings (SSSR count). The fourth-order valence-electron chi connectivity index (χ4n) is 2.43. The van der Waals surface area contributed by atoms with Gasteiger partial charge in [0.25, 0.3) is 5.88 Å². The minimum atomic E-state index is -0.775. The van der Waals surface area contributed by atoms with E-state index in [0.717, 1.165) is 6.07 Å². The summed E-state index contributed by atoms with van der Waals surface area (Å²) in [5.41, 5.74) is 0.601. The first kappa shape index (κ1) is 20.1. The van der Waals surface area contributed by atoms with Crippen LogP contribution in [0.25, 0.3) is 0 Å². The van der Waals surface area contributed by atoms with Gasteiger partial charge < -0.3 is 9.47 Å². The summed E-state index contributed by atoms with van der Waals surface area (Å²) in [6.45, 7) is 1.76. The van der Waals surface area contributed by atoms with E-state index in [0.29, 0.717) is 29.2 Å². The van der Waals surface area contributed by atoms with Crippen molar-refractivity contribution in [1.29, 1.82) is 0 Å². The third-order valence-electron chi connectivity index (χ3n) is 3.86. The van der Waals surface area contributed by atoms with Gasteiger partial charge >= 0.3 is 0 Å². The number of pyridine rings is 1. The van der Waals surface area contributed by atoms with Crippen molar-refractivity contribution in [3.63, 3.8) is 0 Å². The molecule has 0 aliphatic carbocycles. The maximum atomic E-state index is 13.8. The molecule has 0 fully saturated rings. The van der Waals surface area contributed by atoms with Crippen molar-refractivity contribution in [3.05, 3.63) is 77.2 Å². The van der Waals surface area contributed by atoms with Crippen LogP contribution in [0.3, 0.4) is 0 Å². The normalized spacial score (nSPS) is 11.7. The predicted octanol–water partition coefficient (Wildman–Crippen LogP) is 6.72. The van der Waals surface area contributed by atoms with Crippen molar-refractivity contribution >= 4 is 29.0 Å². The molecule has 4 nitrogen and oxygen atoms in total. The number of hydrogen-bond acceptors (Lipinski definition) is 4. The SMILES string of the molecule is CCC(=O)[C@@H](Cl)c1ccccc1Oc1ccc(Oc2ncc(Cl)cc2F)cc1. The fraction of sp³-hybridized carbons (Fsp3) is 0.143. The molecule has 2 aromatic carbocycles. The minimum absolute atomic E-state index is 0.0843. The van der Waals surface area contributed by atoms with Gasteiger partial charge in [-0.3, -0.25) is 4.79 Å². The number of benzene rings is 2. The molecule has 28 heavy (non-hydrogen) atoms. The van der Waals surface area contributed by atoms with Crippen LogP contribution in [0.2, 0.25) is 5.02 Å². The average molecular weight is 420 g/mol. The van der Waals surface area contributed by atoms with Gasteiger partial charge in [-0.05, 0) is 36.4 Å². The third kappa shape index (κ3) is 4.80. The van der Waals surface area contributed by atoms with Crippen LogP contribution in [0.15, 0.2) is 60.8 Å². The van der Waals surface area contributed by atoms with Gasteiger partial charge in [-0.25, -0.2) is 9.37 Å². The van der Waals surface area contributed by atoms with Gasteiger partial charge in [-0.1, -0.05) is 36.7 Å². The maximum Gasteiger partial charge on any atom is 0.255 e. The highest BCUT2D eigenvalue weighted by atomic mass is 35.5. The molecule has 0 unspecified atom stereocenters. The number of ketones is 1. The fourth-order valence-corrected chi connectivity index (χ4v) is 2.91. The van der Waals surface area contributed by atoms with E-state index in [1.807, 2.05) is 0 Å². The Morgan fingerprint density at radius 1 is 1.11 bits per heavy atom. The smallest absolute Gasteiger partial charge is 0.255 e. The van der Waals surface area contributed by atoms with E-state index in [-0.39, 0.29) is 16.7 Å². The maximum absolute atomic E-state index is 13.8. The molecule has 0 spiro atoms. The number of para-hydroxylation sites is 1. The summed E-state index contributed by atoms with van der Waals surface area (Å²) in [5.74, 6) is 0.465. The second kappa shape index (κ2) is 9.04. The van der Waals surface area contributed by atoms with E-state index < -0.39 is 11.2 Å². The Bertz CT molecular complexity index is 980. The van der Waals surface area contributed by atoms with Crippen LogP contribution < -0.4 is 9.47 Å². The molecule has 0 aliphatic rings. The van der Waals surface area contributed by atoms with Gasteiger partial charge in [0.05, 0.1) is 5.02 Å². The Balaban J connectivity index is 1.75. The Kier molecular flexibility index (Phi) is 6.49. The molecule has 0 saturated heterocycles. The molecular weight excluding hydrogens is 404 g/mol. The lowest BCUT2D eigenvalue weighted by Gasteiger charge is -2.14. The summed E-state index contributed by atoms with van der Waals surface area (Å²) < 4.78 is 25.1. The van der Waals surface area contributed by atoms with E-state index >= 15 is 0 Å². The molecule has 0 aliphatic heterocycles. The number of Topliss-reactive ketones (excluding diaryl/α,β-unsaturated/α-hetero) is 1. The lowest BCUT2D eigenvalue weighted by Crippen LogP contribution is -2.06. The highest BCUT2D eigenvalue weighted by molar-refractivity contribution is 6.31. The van der Waals surface area contributed by atoms with Crippen molar-refractivity contribution < 1.29 is 18.7 Å².